The second-order valence-corrected chi connectivity index (χ2v) is 5.21. The first-order chi connectivity index (χ1) is 8.70. The highest BCUT2D eigenvalue weighted by Crippen LogP contribution is 2.27. The molecule has 0 radical (unpaired) electrons. The summed E-state index contributed by atoms with van der Waals surface area (Å²) in [5.41, 5.74) is 0.567. The molecule has 0 aliphatic heterocycles. The van der Waals surface area contributed by atoms with E-state index in [1.165, 1.54) is 31.4 Å². The Morgan fingerprint density at radius 1 is 1.28 bits per heavy atom. The van der Waals surface area contributed by atoms with Crippen LogP contribution in [-0.4, -0.2) is 23.4 Å². The first-order valence-electron chi connectivity index (χ1n) is 6.44. The summed E-state index contributed by atoms with van der Waals surface area (Å²) in [6.45, 7) is 1.43. The van der Waals surface area contributed by atoms with Crippen molar-refractivity contribution in [1.29, 1.82) is 0 Å². The van der Waals surface area contributed by atoms with Crippen LogP contribution in [0, 0.1) is 11.6 Å². The molecule has 0 unspecified atom stereocenters. The third kappa shape index (κ3) is 3.42. The van der Waals surface area contributed by atoms with Crippen LogP contribution >= 0.6 is 11.6 Å². The zero-order valence-corrected chi connectivity index (χ0v) is 11.1. The van der Waals surface area contributed by atoms with Crippen LogP contribution in [0.2, 0.25) is 0 Å². The molecule has 0 spiro atoms. The van der Waals surface area contributed by atoms with Crippen LogP contribution in [0.15, 0.2) is 18.2 Å². The number of nitrogens with zero attached hydrogens (tertiary/aromatic N) is 1. The second kappa shape index (κ2) is 6.48. The molecule has 0 heterocycles. The van der Waals surface area contributed by atoms with Gasteiger partial charge in [0.25, 0.3) is 0 Å². The fourth-order valence-electron chi connectivity index (χ4n) is 2.27. The maximum Gasteiger partial charge on any atom is 0.130 e. The van der Waals surface area contributed by atoms with E-state index in [2.05, 4.69) is 4.90 Å². The van der Waals surface area contributed by atoms with E-state index in [9.17, 15) is 8.78 Å². The minimum absolute atomic E-state index is 0.454. The van der Waals surface area contributed by atoms with Gasteiger partial charge in [0.05, 0.1) is 0 Å². The number of hydrogen-bond donors (Lipinski definition) is 0. The highest BCUT2D eigenvalue weighted by Gasteiger charge is 2.25. The van der Waals surface area contributed by atoms with Crippen molar-refractivity contribution in [2.24, 2.45) is 0 Å². The molecule has 100 valence electrons. The molecular formula is C14H18ClF2N. The Morgan fingerprint density at radius 2 is 2.06 bits per heavy atom. The fraction of sp³-hybridized carbons (Fsp3) is 0.571. The number of hydrogen-bond acceptors (Lipinski definition) is 1. The summed E-state index contributed by atoms with van der Waals surface area (Å²) in [6.07, 6.45) is 4.49. The van der Waals surface area contributed by atoms with Crippen LogP contribution in [-0.2, 0) is 6.54 Å². The average Bonchev–Trinajstić information content (AvgIpc) is 2.27. The molecule has 0 N–H and O–H groups in total. The molecule has 1 aliphatic carbocycles. The Kier molecular flexibility index (Phi) is 4.95. The van der Waals surface area contributed by atoms with Crippen molar-refractivity contribution in [3.8, 4) is 0 Å². The van der Waals surface area contributed by atoms with Gasteiger partial charge in [-0.2, -0.15) is 0 Å². The SMILES string of the molecule is Fc1ccc(CN(CCCCl)C2CCC2)c(F)c1. The number of alkyl halides is 1. The summed E-state index contributed by atoms with van der Waals surface area (Å²) in [6, 6.07) is 4.35. The lowest BCUT2D eigenvalue weighted by atomic mass is 9.91. The summed E-state index contributed by atoms with van der Waals surface area (Å²) < 4.78 is 26.5. The number of benzene rings is 1. The van der Waals surface area contributed by atoms with Crippen LogP contribution in [0.4, 0.5) is 8.78 Å². The monoisotopic (exact) mass is 273 g/mol. The maximum absolute atomic E-state index is 13.6. The molecule has 18 heavy (non-hydrogen) atoms. The maximum atomic E-state index is 13.6. The van der Waals surface area contributed by atoms with Crippen molar-refractivity contribution in [3.05, 3.63) is 35.4 Å². The summed E-state index contributed by atoms with van der Waals surface area (Å²) in [5, 5.41) is 0. The smallest absolute Gasteiger partial charge is 0.130 e. The van der Waals surface area contributed by atoms with Crippen molar-refractivity contribution in [1.82, 2.24) is 4.90 Å². The van der Waals surface area contributed by atoms with Crippen molar-refractivity contribution in [3.63, 3.8) is 0 Å². The Bertz CT molecular complexity index is 393. The minimum Gasteiger partial charge on any atom is -0.296 e. The van der Waals surface area contributed by atoms with Crippen molar-refractivity contribution in [2.45, 2.75) is 38.3 Å². The highest BCUT2D eigenvalue weighted by atomic mass is 35.5. The molecule has 0 amide bonds. The third-order valence-corrected chi connectivity index (χ3v) is 3.83. The van der Waals surface area contributed by atoms with E-state index in [1.54, 1.807) is 0 Å². The molecule has 1 fully saturated rings. The first-order valence-corrected chi connectivity index (χ1v) is 6.98. The minimum atomic E-state index is -0.521. The first kappa shape index (κ1) is 13.8. The molecule has 0 saturated heterocycles. The van der Waals surface area contributed by atoms with Gasteiger partial charge in [-0.15, -0.1) is 11.6 Å². The zero-order chi connectivity index (χ0) is 13.0. The van der Waals surface area contributed by atoms with Gasteiger partial charge in [-0.3, -0.25) is 4.90 Å². The van der Waals surface area contributed by atoms with E-state index >= 15 is 0 Å². The Labute approximate surface area is 112 Å². The van der Waals surface area contributed by atoms with Gasteiger partial charge in [0.15, 0.2) is 0 Å². The lowest BCUT2D eigenvalue weighted by Crippen LogP contribution is -2.40. The van der Waals surface area contributed by atoms with Gasteiger partial charge in [-0.1, -0.05) is 12.5 Å². The van der Waals surface area contributed by atoms with E-state index in [-0.39, 0.29) is 0 Å². The molecule has 4 heteroatoms. The Hall–Kier alpha value is -0.670. The second-order valence-electron chi connectivity index (χ2n) is 4.83. The summed E-state index contributed by atoms with van der Waals surface area (Å²) >= 11 is 5.72. The molecule has 0 aromatic heterocycles. The average molecular weight is 274 g/mol. The Balaban J connectivity index is 2.02. The lowest BCUT2D eigenvalue weighted by molar-refractivity contribution is 0.118. The molecule has 0 atom stereocenters. The van der Waals surface area contributed by atoms with Crippen molar-refractivity contribution >= 4 is 11.6 Å². The van der Waals surface area contributed by atoms with Gasteiger partial charge in [-0.05, 0) is 31.9 Å². The predicted molar refractivity (Wildman–Crippen MR) is 69.7 cm³/mol. The normalized spacial score (nSPS) is 16.0. The van der Waals surface area contributed by atoms with Gasteiger partial charge in [0, 0.05) is 30.1 Å². The van der Waals surface area contributed by atoms with Crippen LogP contribution in [0.3, 0.4) is 0 Å². The largest absolute Gasteiger partial charge is 0.296 e. The van der Waals surface area contributed by atoms with E-state index in [0.29, 0.717) is 24.0 Å². The van der Waals surface area contributed by atoms with E-state index in [4.69, 9.17) is 11.6 Å². The molecule has 2 rings (SSSR count). The quantitative estimate of drug-likeness (QED) is 0.710. The lowest BCUT2D eigenvalue weighted by Gasteiger charge is -2.37. The third-order valence-electron chi connectivity index (χ3n) is 3.56. The molecule has 0 bridgehead atoms. The molecular weight excluding hydrogens is 256 g/mol. The molecule has 1 nitrogen and oxygen atoms in total. The van der Waals surface area contributed by atoms with E-state index in [1.807, 2.05) is 0 Å². The summed E-state index contributed by atoms with van der Waals surface area (Å²) in [7, 11) is 0. The van der Waals surface area contributed by atoms with E-state index < -0.39 is 11.6 Å². The Morgan fingerprint density at radius 3 is 2.61 bits per heavy atom. The van der Waals surface area contributed by atoms with Crippen molar-refractivity contribution < 1.29 is 8.78 Å². The van der Waals surface area contributed by atoms with Gasteiger partial charge < -0.3 is 0 Å². The van der Waals surface area contributed by atoms with Crippen molar-refractivity contribution in [2.75, 3.05) is 12.4 Å². The van der Waals surface area contributed by atoms with Gasteiger partial charge >= 0.3 is 0 Å². The van der Waals surface area contributed by atoms with E-state index in [0.717, 1.165) is 19.0 Å². The fourth-order valence-corrected chi connectivity index (χ4v) is 2.39. The van der Waals surface area contributed by atoms with Gasteiger partial charge in [-0.25, -0.2) is 8.78 Å². The van der Waals surface area contributed by atoms with Crippen LogP contribution < -0.4 is 0 Å². The summed E-state index contributed by atoms with van der Waals surface area (Å²) in [5.74, 6) is -0.354. The zero-order valence-electron chi connectivity index (χ0n) is 10.3. The number of halogens is 3. The topological polar surface area (TPSA) is 3.24 Å². The highest BCUT2D eigenvalue weighted by molar-refractivity contribution is 6.17. The molecule has 1 aliphatic rings. The predicted octanol–water partition coefficient (Wildman–Crippen LogP) is 3.95. The number of rotatable bonds is 6. The van der Waals surface area contributed by atoms with Crippen LogP contribution in [0.1, 0.15) is 31.2 Å². The van der Waals surface area contributed by atoms with Crippen LogP contribution in [0.25, 0.3) is 0 Å². The molecule has 1 aromatic rings. The van der Waals surface area contributed by atoms with Gasteiger partial charge in [0.2, 0.25) is 0 Å². The van der Waals surface area contributed by atoms with Gasteiger partial charge in [0.1, 0.15) is 11.6 Å². The van der Waals surface area contributed by atoms with Crippen LogP contribution in [0.5, 0.6) is 0 Å². The summed E-state index contributed by atoms with van der Waals surface area (Å²) in [4.78, 5) is 2.27. The molecule has 1 saturated carbocycles. The standard InChI is InChI=1S/C14H18ClF2N/c15-7-2-8-18(13-3-1-4-13)10-11-5-6-12(16)9-14(11)17/h5-6,9,13H,1-4,7-8,10H2. The molecule has 1 aromatic carbocycles.